The van der Waals surface area contributed by atoms with E-state index in [1.807, 2.05) is 0 Å². The molecule has 7 heteroatoms. The number of rotatable bonds is 1. The molecule has 0 radical (unpaired) electrons. The molecule has 0 aliphatic carbocycles. The third kappa shape index (κ3) is 0.875. The first kappa shape index (κ1) is 9.45. The monoisotopic (exact) mass is 219 g/mol. The molecule has 0 aromatic rings. The summed E-state index contributed by atoms with van der Waals surface area (Å²) in [5, 5.41) is 7.98. The van der Waals surface area contributed by atoms with E-state index in [1.165, 1.54) is 6.92 Å². The molecular formula is C7H9NO5S. The van der Waals surface area contributed by atoms with Crippen molar-refractivity contribution in [3.8, 4) is 0 Å². The Bertz CT molecular complexity index is 427. The van der Waals surface area contributed by atoms with Crippen molar-refractivity contribution >= 4 is 21.7 Å². The van der Waals surface area contributed by atoms with Crippen molar-refractivity contribution in [3.05, 3.63) is 0 Å². The van der Waals surface area contributed by atoms with Crippen LogP contribution in [-0.4, -0.2) is 47.0 Å². The molecule has 0 bridgehead atoms. The van der Waals surface area contributed by atoms with Gasteiger partial charge in [0.15, 0.2) is 15.4 Å². The molecule has 1 N–H and O–H groups in total. The van der Waals surface area contributed by atoms with Gasteiger partial charge in [0, 0.05) is 0 Å². The molecule has 2 saturated heterocycles. The molecule has 14 heavy (non-hydrogen) atoms. The summed E-state index contributed by atoms with van der Waals surface area (Å²) in [6.45, 7) is 1.27. The van der Waals surface area contributed by atoms with Crippen LogP contribution in [0, 0.1) is 0 Å². The first-order chi connectivity index (χ1) is 6.29. The van der Waals surface area contributed by atoms with Crippen molar-refractivity contribution in [3.63, 3.8) is 0 Å². The minimum absolute atomic E-state index is 0.0782. The van der Waals surface area contributed by atoms with Gasteiger partial charge in [-0.05, 0) is 6.92 Å². The molecule has 6 nitrogen and oxygen atoms in total. The highest BCUT2D eigenvalue weighted by Crippen LogP contribution is 2.41. The smallest absolute Gasteiger partial charge is 0.330 e. The first-order valence-electron chi connectivity index (χ1n) is 4.06. The zero-order valence-corrected chi connectivity index (χ0v) is 8.24. The number of β-lactam (4-membered cyclic amide) rings is 1. The highest BCUT2D eigenvalue weighted by atomic mass is 32.2. The zero-order valence-electron chi connectivity index (χ0n) is 7.43. The van der Waals surface area contributed by atoms with Gasteiger partial charge in [0.05, 0.1) is 12.2 Å². The number of carbonyl (C=O) groups is 2. The van der Waals surface area contributed by atoms with Crippen LogP contribution in [-0.2, 0) is 19.4 Å². The number of hydrogen-bond donors (Lipinski definition) is 1. The minimum atomic E-state index is -3.45. The fourth-order valence-electron chi connectivity index (χ4n) is 1.99. The zero-order chi connectivity index (χ0) is 10.7. The van der Waals surface area contributed by atoms with Crippen LogP contribution in [0.1, 0.15) is 13.3 Å². The van der Waals surface area contributed by atoms with Crippen molar-refractivity contribution in [1.29, 1.82) is 0 Å². The molecule has 2 aliphatic heterocycles. The Morgan fingerprint density at radius 1 is 1.64 bits per heavy atom. The molecule has 0 aromatic heterocycles. The SMILES string of the molecule is CC1(C(=O)O)CS(=O)(=O)C2CC(=O)N21. The Morgan fingerprint density at radius 2 is 2.21 bits per heavy atom. The highest BCUT2D eigenvalue weighted by molar-refractivity contribution is 7.92. The Balaban J connectivity index is 2.49. The van der Waals surface area contributed by atoms with Crippen LogP contribution in [0.4, 0.5) is 0 Å². The van der Waals surface area contributed by atoms with Gasteiger partial charge in [-0.1, -0.05) is 0 Å². The van der Waals surface area contributed by atoms with Crippen molar-refractivity contribution < 1.29 is 23.1 Å². The molecule has 2 unspecified atom stereocenters. The first-order valence-corrected chi connectivity index (χ1v) is 5.78. The van der Waals surface area contributed by atoms with E-state index < -0.39 is 38.4 Å². The molecule has 1 amide bonds. The van der Waals surface area contributed by atoms with Crippen LogP contribution in [0.25, 0.3) is 0 Å². The van der Waals surface area contributed by atoms with Crippen molar-refractivity contribution in [1.82, 2.24) is 4.90 Å². The number of hydrogen-bond acceptors (Lipinski definition) is 4. The summed E-state index contributed by atoms with van der Waals surface area (Å²) in [4.78, 5) is 23.0. The molecular weight excluding hydrogens is 210 g/mol. The Morgan fingerprint density at radius 3 is 2.57 bits per heavy atom. The van der Waals surface area contributed by atoms with E-state index in [-0.39, 0.29) is 6.42 Å². The molecule has 2 atom stereocenters. The highest BCUT2D eigenvalue weighted by Gasteiger charge is 2.64. The lowest BCUT2D eigenvalue weighted by Gasteiger charge is -2.40. The van der Waals surface area contributed by atoms with Gasteiger partial charge in [-0.2, -0.15) is 0 Å². The van der Waals surface area contributed by atoms with Crippen molar-refractivity contribution in [2.45, 2.75) is 24.3 Å². The summed E-state index contributed by atoms with van der Waals surface area (Å²) in [5.74, 6) is -2.15. The second-order valence-electron chi connectivity index (χ2n) is 3.81. The quantitative estimate of drug-likeness (QED) is 0.560. The maximum absolute atomic E-state index is 11.4. The molecule has 78 valence electrons. The second-order valence-corrected chi connectivity index (χ2v) is 5.97. The maximum Gasteiger partial charge on any atom is 0.330 e. The van der Waals surface area contributed by atoms with Gasteiger partial charge in [0.2, 0.25) is 5.91 Å². The summed E-state index contributed by atoms with van der Waals surface area (Å²) in [7, 11) is -3.45. The second kappa shape index (κ2) is 2.28. The van der Waals surface area contributed by atoms with Crippen LogP contribution in [0.15, 0.2) is 0 Å². The molecule has 2 fully saturated rings. The number of amides is 1. The minimum Gasteiger partial charge on any atom is -0.479 e. The van der Waals surface area contributed by atoms with Gasteiger partial charge in [-0.25, -0.2) is 13.2 Å². The normalized spacial score (nSPS) is 39.1. The largest absolute Gasteiger partial charge is 0.479 e. The lowest BCUT2D eigenvalue weighted by Crippen LogP contribution is -2.61. The summed E-state index contributed by atoms with van der Waals surface area (Å²) in [6, 6.07) is 0. The number of sulfone groups is 1. The Kier molecular flexibility index (Phi) is 1.54. The van der Waals surface area contributed by atoms with Crippen LogP contribution >= 0.6 is 0 Å². The molecule has 2 rings (SSSR count). The molecule has 0 aromatic carbocycles. The van der Waals surface area contributed by atoms with Gasteiger partial charge >= 0.3 is 5.97 Å². The van der Waals surface area contributed by atoms with Crippen LogP contribution < -0.4 is 0 Å². The van der Waals surface area contributed by atoms with E-state index in [2.05, 4.69) is 0 Å². The predicted molar refractivity (Wildman–Crippen MR) is 45.1 cm³/mol. The van der Waals surface area contributed by atoms with Gasteiger partial charge in [0.1, 0.15) is 5.37 Å². The van der Waals surface area contributed by atoms with E-state index in [0.29, 0.717) is 0 Å². The molecule has 2 heterocycles. The van der Waals surface area contributed by atoms with E-state index in [4.69, 9.17) is 5.11 Å². The number of nitrogens with zero attached hydrogens (tertiary/aromatic N) is 1. The predicted octanol–water partition coefficient (Wildman–Crippen LogP) is -1.18. The lowest BCUT2D eigenvalue weighted by atomic mass is 9.98. The Hall–Kier alpha value is -1.11. The van der Waals surface area contributed by atoms with E-state index >= 15 is 0 Å². The van der Waals surface area contributed by atoms with Crippen LogP contribution in [0.2, 0.25) is 0 Å². The van der Waals surface area contributed by atoms with E-state index in [1.54, 1.807) is 0 Å². The number of carboxylic acids is 1. The van der Waals surface area contributed by atoms with Crippen molar-refractivity contribution in [2.75, 3.05) is 5.75 Å². The summed E-state index contributed by atoms with van der Waals surface area (Å²) in [6.07, 6.45) is -0.0782. The molecule has 2 aliphatic rings. The fourth-order valence-corrected chi connectivity index (χ4v) is 4.30. The average Bonchev–Trinajstić information content (AvgIpc) is 2.13. The average molecular weight is 219 g/mol. The number of carboxylic acid groups (broad SMARTS) is 1. The van der Waals surface area contributed by atoms with Gasteiger partial charge < -0.3 is 10.0 Å². The van der Waals surface area contributed by atoms with Gasteiger partial charge in [-0.15, -0.1) is 0 Å². The number of aliphatic carboxylic acids is 1. The third-order valence-corrected chi connectivity index (χ3v) is 4.97. The molecule has 0 saturated carbocycles. The summed E-state index contributed by atoms with van der Waals surface area (Å²) < 4.78 is 22.9. The molecule has 0 spiro atoms. The van der Waals surface area contributed by atoms with E-state index in [9.17, 15) is 18.0 Å². The topological polar surface area (TPSA) is 91.7 Å². The van der Waals surface area contributed by atoms with Crippen molar-refractivity contribution in [2.24, 2.45) is 0 Å². The third-order valence-electron chi connectivity index (χ3n) is 2.80. The fraction of sp³-hybridized carbons (Fsp3) is 0.714. The van der Waals surface area contributed by atoms with Gasteiger partial charge in [0.25, 0.3) is 0 Å². The number of carbonyl (C=O) groups excluding carboxylic acids is 1. The van der Waals surface area contributed by atoms with Gasteiger partial charge in [-0.3, -0.25) is 4.79 Å². The van der Waals surface area contributed by atoms with Crippen LogP contribution in [0.5, 0.6) is 0 Å². The maximum atomic E-state index is 11.4. The van der Waals surface area contributed by atoms with E-state index in [0.717, 1.165) is 4.90 Å². The summed E-state index contributed by atoms with van der Waals surface area (Å²) >= 11 is 0. The lowest BCUT2D eigenvalue weighted by molar-refractivity contribution is -0.163. The standard InChI is InChI=1S/C7H9NO5S/c1-7(6(10)11)3-14(12,13)5-2-4(9)8(5)7/h5H,2-3H2,1H3,(H,10,11). The van der Waals surface area contributed by atoms with Crippen LogP contribution in [0.3, 0.4) is 0 Å². The Labute approximate surface area is 80.4 Å². The number of fused-ring (bicyclic) bond motifs is 1. The summed E-state index contributed by atoms with van der Waals surface area (Å²) in [5.41, 5.74) is -1.57.